The van der Waals surface area contributed by atoms with Gasteiger partial charge in [-0.15, -0.1) is 5.10 Å². The van der Waals surface area contributed by atoms with E-state index in [-0.39, 0.29) is 11.7 Å². The van der Waals surface area contributed by atoms with Crippen LogP contribution in [0.2, 0.25) is 0 Å². The number of amides is 1. The minimum atomic E-state index is -0.324. The van der Waals surface area contributed by atoms with Crippen LogP contribution in [0.5, 0.6) is 0 Å². The number of benzene rings is 1. The summed E-state index contributed by atoms with van der Waals surface area (Å²) in [5.74, 6) is -0.173. The lowest BCUT2D eigenvalue weighted by atomic mass is 10.2. The maximum atomic E-state index is 11.9. The minimum Gasteiger partial charge on any atom is -0.319 e. The van der Waals surface area contributed by atoms with Crippen LogP contribution >= 0.6 is 0 Å². The molecule has 1 aromatic carbocycles. The van der Waals surface area contributed by atoms with Crippen LogP contribution in [0.3, 0.4) is 0 Å². The highest BCUT2D eigenvalue weighted by molar-refractivity contribution is 6.01. The van der Waals surface area contributed by atoms with Gasteiger partial charge in [0.05, 0.1) is 6.54 Å². The number of rotatable bonds is 4. The Hall–Kier alpha value is -2.96. The molecule has 0 spiro atoms. The van der Waals surface area contributed by atoms with Gasteiger partial charge in [0, 0.05) is 25.1 Å². The number of hydrogen-bond donors (Lipinski definition) is 1. The van der Waals surface area contributed by atoms with Crippen molar-refractivity contribution in [3.05, 3.63) is 60.4 Å². The molecule has 3 aromatic rings. The highest BCUT2D eigenvalue weighted by Gasteiger charge is 2.10. The zero-order valence-electron chi connectivity index (χ0n) is 11.5. The highest BCUT2D eigenvalue weighted by Crippen LogP contribution is 2.11. The standard InChI is InChI=1S/C14H14N6O/c1-19-10-15-13(18-19)14(21)17-12-5-3-11(4-6-12)9-20-8-2-7-16-20/h2-8,10H,9H2,1H3,(H,17,21). The van der Waals surface area contributed by atoms with Crippen molar-refractivity contribution in [2.45, 2.75) is 6.54 Å². The van der Waals surface area contributed by atoms with E-state index >= 15 is 0 Å². The third kappa shape index (κ3) is 3.14. The second kappa shape index (κ2) is 5.58. The van der Waals surface area contributed by atoms with E-state index in [4.69, 9.17) is 0 Å². The molecule has 0 atom stereocenters. The Kier molecular flexibility index (Phi) is 3.46. The summed E-state index contributed by atoms with van der Waals surface area (Å²) < 4.78 is 3.33. The molecule has 2 heterocycles. The Bertz CT molecular complexity index is 729. The molecule has 1 N–H and O–H groups in total. The van der Waals surface area contributed by atoms with E-state index in [1.165, 1.54) is 11.0 Å². The molecule has 0 radical (unpaired) electrons. The summed E-state index contributed by atoms with van der Waals surface area (Å²) in [5, 5.41) is 10.9. The summed E-state index contributed by atoms with van der Waals surface area (Å²) in [7, 11) is 1.72. The third-order valence-corrected chi connectivity index (χ3v) is 2.92. The monoisotopic (exact) mass is 282 g/mol. The number of nitrogens with one attached hydrogen (secondary N) is 1. The Balaban J connectivity index is 1.65. The average molecular weight is 282 g/mol. The van der Waals surface area contributed by atoms with Gasteiger partial charge in [-0.1, -0.05) is 12.1 Å². The smallest absolute Gasteiger partial charge is 0.295 e. The van der Waals surface area contributed by atoms with Crippen molar-refractivity contribution in [3.63, 3.8) is 0 Å². The number of aryl methyl sites for hydroxylation is 1. The molecule has 0 fully saturated rings. The fourth-order valence-electron chi connectivity index (χ4n) is 1.90. The van der Waals surface area contributed by atoms with Crippen LogP contribution in [0.4, 0.5) is 5.69 Å². The van der Waals surface area contributed by atoms with Gasteiger partial charge in [-0.3, -0.25) is 14.2 Å². The van der Waals surface area contributed by atoms with E-state index in [0.717, 1.165) is 5.56 Å². The molecule has 0 saturated heterocycles. The fourth-order valence-corrected chi connectivity index (χ4v) is 1.90. The molecule has 1 amide bonds. The first-order valence-corrected chi connectivity index (χ1v) is 6.44. The number of aromatic nitrogens is 5. The van der Waals surface area contributed by atoms with Crippen molar-refractivity contribution in [2.24, 2.45) is 7.05 Å². The lowest BCUT2D eigenvalue weighted by Gasteiger charge is -2.05. The van der Waals surface area contributed by atoms with Crippen molar-refractivity contribution in [1.82, 2.24) is 24.5 Å². The van der Waals surface area contributed by atoms with Gasteiger partial charge in [-0.25, -0.2) is 4.98 Å². The van der Waals surface area contributed by atoms with Gasteiger partial charge in [0.1, 0.15) is 6.33 Å². The molecule has 2 aromatic heterocycles. The summed E-state index contributed by atoms with van der Waals surface area (Å²) in [4.78, 5) is 15.8. The molecular weight excluding hydrogens is 268 g/mol. The Morgan fingerprint density at radius 2 is 2.10 bits per heavy atom. The van der Waals surface area contributed by atoms with Crippen molar-refractivity contribution in [3.8, 4) is 0 Å². The van der Waals surface area contributed by atoms with Crippen LogP contribution in [-0.4, -0.2) is 30.5 Å². The van der Waals surface area contributed by atoms with E-state index in [2.05, 4.69) is 20.5 Å². The lowest BCUT2D eigenvalue weighted by Crippen LogP contribution is -2.14. The number of carbonyl (C=O) groups is 1. The zero-order chi connectivity index (χ0) is 14.7. The quantitative estimate of drug-likeness (QED) is 0.782. The van der Waals surface area contributed by atoms with E-state index in [1.54, 1.807) is 13.2 Å². The van der Waals surface area contributed by atoms with Gasteiger partial charge in [-0.05, 0) is 23.8 Å². The maximum Gasteiger partial charge on any atom is 0.295 e. The predicted molar refractivity (Wildman–Crippen MR) is 76.7 cm³/mol. The van der Waals surface area contributed by atoms with Gasteiger partial charge in [0.15, 0.2) is 0 Å². The van der Waals surface area contributed by atoms with Crippen molar-refractivity contribution < 1.29 is 4.79 Å². The number of carbonyl (C=O) groups excluding carboxylic acids is 1. The molecule has 0 saturated carbocycles. The molecule has 0 aliphatic heterocycles. The van der Waals surface area contributed by atoms with Crippen LogP contribution in [0.15, 0.2) is 49.1 Å². The second-order valence-corrected chi connectivity index (χ2v) is 4.60. The van der Waals surface area contributed by atoms with E-state index in [0.29, 0.717) is 12.2 Å². The maximum absolute atomic E-state index is 11.9. The normalized spacial score (nSPS) is 10.5. The summed E-state index contributed by atoms with van der Waals surface area (Å²) in [6.45, 7) is 0.697. The Morgan fingerprint density at radius 3 is 2.71 bits per heavy atom. The molecule has 0 aliphatic rings. The summed E-state index contributed by atoms with van der Waals surface area (Å²) in [5.41, 5.74) is 1.81. The van der Waals surface area contributed by atoms with Crippen molar-refractivity contribution >= 4 is 11.6 Å². The second-order valence-electron chi connectivity index (χ2n) is 4.60. The average Bonchev–Trinajstić information content (AvgIpc) is 3.12. The molecule has 106 valence electrons. The van der Waals surface area contributed by atoms with Crippen LogP contribution in [-0.2, 0) is 13.6 Å². The van der Waals surface area contributed by atoms with E-state index < -0.39 is 0 Å². The summed E-state index contributed by atoms with van der Waals surface area (Å²) >= 11 is 0. The van der Waals surface area contributed by atoms with Gasteiger partial charge < -0.3 is 5.32 Å². The van der Waals surface area contributed by atoms with Crippen LogP contribution in [0.1, 0.15) is 16.2 Å². The first kappa shape index (κ1) is 13.0. The number of nitrogens with zero attached hydrogens (tertiary/aromatic N) is 5. The van der Waals surface area contributed by atoms with Crippen molar-refractivity contribution in [1.29, 1.82) is 0 Å². The largest absolute Gasteiger partial charge is 0.319 e. The molecule has 3 rings (SSSR count). The molecule has 21 heavy (non-hydrogen) atoms. The van der Waals surface area contributed by atoms with Crippen LogP contribution in [0.25, 0.3) is 0 Å². The van der Waals surface area contributed by atoms with Gasteiger partial charge >= 0.3 is 0 Å². The molecule has 7 heteroatoms. The molecule has 7 nitrogen and oxygen atoms in total. The number of hydrogen-bond acceptors (Lipinski definition) is 4. The van der Waals surface area contributed by atoms with Crippen LogP contribution in [0, 0.1) is 0 Å². The first-order valence-electron chi connectivity index (χ1n) is 6.44. The number of anilines is 1. The lowest BCUT2D eigenvalue weighted by molar-refractivity contribution is 0.101. The minimum absolute atomic E-state index is 0.151. The topological polar surface area (TPSA) is 77.6 Å². The van der Waals surface area contributed by atoms with Gasteiger partial charge in [-0.2, -0.15) is 5.10 Å². The summed E-state index contributed by atoms with van der Waals surface area (Å²) in [6.07, 6.45) is 5.14. The summed E-state index contributed by atoms with van der Waals surface area (Å²) in [6, 6.07) is 9.47. The Morgan fingerprint density at radius 1 is 1.29 bits per heavy atom. The molecular formula is C14H14N6O. The van der Waals surface area contributed by atoms with Gasteiger partial charge in [0.2, 0.25) is 5.82 Å². The predicted octanol–water partition coefficient (Wildman–Crippen LogP) is 1.31. The molecule has 0 aliphatic carbocycles. The molecule has 0 unspecified atom stereocenters. The zero-order valence-corrected chi connectivity index (χ0v) is 11.5. The van der Waals surface area contributed by atoms with Gasteiger partial charge in [0.25, 0.3) is 5.91 Å². The SMILES string of the molecule is Cn1cnc(C(=O)Nc2ccc(Cn3cccn3)cc2)n1. The first-order chi connectivity index (χ1) is 10.2. The molecule has 0 bridgehead atoms. The Labute approximate surface area is 121 Å². The van der Waals surface area contributed by atoms with Crippen molar-refractivity contribution in [2.75, 3.05) is 5.32 Å². The third-order valence-electron chi connectivity index (χ3n) is 2.92. The van der Waals surface area contributed by atoms with Crippen LogP contribution < -0.4 is 5.32 Å². The fraction of sp³-hybridized carbons (Fsp3) is 0.143. The van der Waals surface area contributed by atoms with E-state index in [1.807, 2.05) is 41.2 Å². The van der Waals surface area contributed by atoms with E-state index in [9.17, 15) is 4.79 Å². The highest BCUT2D eigenvalue weighted by atomic mass is 16.2.